The molecule has 2 rings (SSSR count). The summed E-state index contributed by atoms with van der Waals surface area (Å²) in [6, 6.07) is 7.99. The lowest BCUT2D eigenvalue weighted by molar-refractivity contribution is 0.0950. The van der Waals surface area contributed by atoms with Gasteiger partial charge in [0.05, 0.1) is 5.56 Å². The van der Waals surface area contributed by atoms with Gasteiger partial charge >= 0.3 is 0 Å². The molecule has 1 aromatic carbocycles. The number of unbranched alkanes of at least 4 members (excludes halogenated alkanes) is 1. The molecule has 0 saturated carbocycles. The molecule has 0 atom stereocenters. The van der Waals surface area contributed by atoms with E-state index in [1.165, 1.54) is 0 Å². The van der Waals surface area contributed by atoms with Crippen molar-refractivity contribution in [1.29, 1.82) is 0 Å². The first-order valence-electron chi connectivity index (χ1n) is 7.59. The van der Waals surface area contributed by atoms with Crippen LogP contribution in [0.1, 0.15) is 41.3 Å². The molecule has 0 aliphatic carbocycles. The van der Waals surface area contributed by atoms with E-state index < -0.39 is 0 Å². The summed E-state index contributed by atoms with van der Waals surface area (Å²) in [5, 5.41) is 6.01. The Morgan fingerprint density at radius 1 is 1.18 bits per heavy atom. The minimum absolute atomic E-state index is 0.164. The van der Waals surface area contributed by atoms with Gasteiger partial charge in [0.1, 0.15) is 0 Å². The number of carbonyl (C=O) groups excluding carboxylic acids is 1. The van der Waals surface area contributed by atoms with Gasteiger partial charge in [0.25, 0.3) is 5.91 Å². The van der Waals surface area contributed by atoms with Crippen LogP contribution in [0, 0.1) is 6.92 Å². The minimum Gasteiger partial charge on any atom is -0.354 e. The Morgan fingerprint density at radius 2 is 1.91 bits per heavy atom. The van der Waals surface area contributed by atoms with E-state index in [9.17, 15) is 4.79 Å². The van der Waals surface area contributed by atoms with Crippen molar-refractivity contribution in [2.75, 3.05) is 11.9 Å². The fourth-order valence-electron chi connectivity index (χ4n) is 2.00. The fourth-order valence-corrected chi connectivity index (χ4v) is 2.00. The number of aryl methyl sites for hydroxylation is 1. The molecule has 0 saturated heterocycles. The van der Waals surface area contributed by atoms with Gasteiger partial charge in [0.15, 0.2) is 0 Å². The molecule has 0 radical (unpaired) electrons. The summed E-state index contributed by atoms with van der Waals surface area (Å²) < 4.78 is 0. The van der Waals surface area contributed by atoms with E-state index in [4.69, 9.17) is 0 Å². The Morgan fingerprint density at radius 3 is 2.59 bits per heavy atom. The maximum absolute atomic E-state index is 12.1. The number of carbonyl (C=O) groups is 1. The SMILES string of the molecule is CCCCNc1ncc(C(=O)NCc2ccccc2C)cn1. The third-order valence-electron chi connectivity index (χ3n) is 3.43. The first kappa shape index (κ1) is 15.9. The molecule has 0 aliphatic rings. The van der Waals surface area contributed by atoms with Crippen LogP contribution in [-0.4, -0.2) is 22.4 Å². The average Bonchev–Trinajstić information content (AvgIpc) is 2.55. The van der Waals surface area contributed by atoms with Crippen molar-refractivity contribution >= 4 is 11.9 Å². The van der Waals surface area contributed by atoms with Gasteiger partial charge in [-0.25, -0.2) is 9.97 Å². The van der Waals surface area contributed by atoms with Crippen LogP contribution in [0.25, 0.3) is 0 Å². The molecule has 0 fully saturated rings. The average molecular weight is 298 g/mol. The second-order valence-corrected chi connectivity index (χ2v) is 5.18. The molecule has 5 heteroatoms. The highest BCUT2D eigenvalue weighted by molar-refractivity contribution is 5.93. The molecule has 1 amide bonds. The molecule has 0 aliphatic heterocycles. The first-order valence-corrected chi connectivity index (χ1v) is 7.59. The second kappa shape index (κ2) is 8.12. The molecule has 1 heterocycles. The maximum atomic E-state index is 12.1. The van der Waals surface area contributed by atoms with Crippen LogP contribution in [-0.2, 0) is 6.54 Å². The van der Waals surface area contributed by atoms with Crippen molar-refractivity contribution in [3.05, 3.63) is 53.3 Å². The quantitative estimate of drug-likeness (QED) is 0.771. The number of amides is 1. The highest BCUT2D eigenvalue weighted by Crippen LogP contribution is 2.07. The van der Waals surface area contributed by atoms with Crippen LogP contribution in [0.15, 0.2) is 36.7 Å². The third-order valence-corrected chi connectivity index (χ3v) is 3.43. The van der Waals surface area contributed by atoms with Crippen LogP contribution >= 0.6 is 0 Å². The predicted molar refractivity (Wildman–Crippen MR) is 87.8 cm³/mol. The number of anilines is 1. The van der Waals surface area contributed by atoms with Crippen LogP contribution in [0.2, 0.25) is 0 Å². The second-order valence-electron chi connectivity index (χ2n) is 5.18. The molecule has 2 N–H and O–H groups in total. The van der Waals surface area contributed by atoms with E-state index >= 15 is 0 Å². The van der Waals surface area contributed by atoms with E-state index in [2.05, 4.69) is 27.5 Å². The zero-order valence-electron chi connectivity index (χ0n) is 13.1. The van der Waals surface area contributed by atoms with Crippen LogP contribution in [0.3, 0.4) is 0 Å². The fraction of sp³-hybridized carbons (Fsp3) is 0.353. The largest absolute Gasteiger partial charge is 0.354 e. The van der Waals surface area contributed by atoms with Gasteiger partial charge in [-0.05, 0) is 24.5 Å². The summed E-state index contributed by atoms with van der Waals surface area (Å²) in [5.74, 6) is 0.396. The molecule has 116 valence electrons. The Kier molecular flexibility index (Phi) is 5.89. The lowest BCUT2D eigenvalue weighted by Crippen LogP contribution is -2.23. The number of rotatable bonds is 7. The van der Waals surface area contributed by atoms with E-state index in [1.54, 1.807) is 12.4 Å². The van der Waals surface area contributed by atoms with Gasteiger partial charge < -0.3 is 10.6 Å². The predicted octanol–water partition coefficient (Wildman–Crippen LogP) is 2.93. The lowest BCUT2D eigenvalue weighted by atomic mass is 10.1. The molecule has 22 heavy (non-hydrogen) atoms. The topological polar surface area (TPSA) is 66.9 Å². The van der Waals surface area contributed by atoms with Gasteiger partial charge in [-0.2, -0.15) is 0 Å². The number of nitrogens with one attached hydrogen (secondary N) is 2. The first-order chi connectivity index (χ1) is 10.7. The smallest absolute Gasteiger partial charge is 0.254 e. The van der Waals surface area contributed by atoms with Crippen LogP contribution in [0.5, 0.6) is 0 Å². The Hall–Kier alpha value is -2.43. The van der Waals surface area contributed by atoms with Gasteiger partial charge in [0.2, 0.25) is 5.95 Å². The van der Waals surface area contributed by atoms with Crippen molar-refractivity contribution in [2.45, 2.75) is 33.2 Å². The number of benzene rings is 1. The Labute approximate surface area is 131 Å². The Balaban J connectivity index is 1.88. The molecule has 5 nitrogen and oxygen atoms in total. The molecule has 0 spiro atoms. The summed E-state index contributed by atoms with van der Waals surface area (Å²) in [6.45, 7) is 5.50. The van der Waals surface area contributed by atoms with E-state index in [-0.39, 0.29) is 5.91 Å². The number of aromatic nitrogens is 2. The maximum Gasteiger partial charge on any atom is 0.254 e. The van der Waals surface area contributed by atoms with E-state index in [0.29, 0.717) is 18.1 Å². The molecule has 2 aromatic rings. The highest BCUT2D eigenvalue weighted by Gasteiger charge is 2.07. The van der Waals surface area contributed by atoms with Gasteiger partial charge in [0, 0.05) is 25.5 Å². The van der Waals surface area contributed by atoms with Gasteiger partial charge in [-0.3, -0.25) is 4.79 Å². The zero-order valence-corrected chi connectivity index (χ0v) is 13.1. The lowest BCUT2D eigenvalue weighted by Gasteiger charge is -2.08. The molecule has 0 bridgehead atoms. The summed E-state index contributed by atoms with van der Waals surface area (Å²) in [4.78, 5) is 20.4. The number of hydrogen-bond acceptors (Lipinski definition) is 4. The van der Waals surface area contributed by atoms with Gasteiger partial charge in [-0.15, -0.1) is 0 Å². The van der Waals surface area contributed by atoms with Crippen molar-refractivity contribution in [3.8, 4) is 0 Å². The van der Waals surface area contributed by atoms with Crippen LogP contribution in [0.4, 0.5) is 5.95 Å². The monoisotopic (exact) mass is 298 g/mol. The van der Waals surface area contributed by atoms with Crippen LogP contribution < -0.4 is 10.6 Å². The number of hydrogen-bond donors (Lipinski definition) is 2. The molecule has 0 unspecified atom stereocenters. The van der Waals surface area contributed by atoms with E-state index in [0.717, 1.165) is 30.5 Å². The van der Waals surface area contributed by atoms with E-state index in [1.807, 2.05) is 31.2 Å². The summed E-state index contributed by atoms with van der Waals surface area (Å²) in [5.41, 5.74) is 2.73. The number of nitrogens with zero attached hydrogens (tertiary/aromatic N) is 2. The summed E-state index contributed by atoms with van der Waals surface area (Å²) >= 11 is 0. The van der Waals surface area contributed by atoms with Crippen molar-refractivity contribution in [3.63, 3.8) is 0 Å². The van der Waals surface area contributed by atoms with Crippen molar-refractivity contribution in [1.82, 2.24) is 15.3 Å². The normalized spacial score (nSPS) is 10.3. The van der Waals surface area contributed by atoms with Crippen molar-refractivity contribution in [2.24, 2.45) is 0 Å². The zero-order chi connectivity index (χ0) is 15.8. The minimum atomic E-state index is -0.164. The highest BCUT2D eigenvalue weighted by atomic mass is 16.1. The summed E-state index contributed by atoms with van der Waals surface area (Å²) in [7, 11) is 0. The van der Waals surface area contributed by atoms with Crippen molar-refractivity contribution < 1.29 is 4.79 Å². The Bertz CT molecular complexity index is 610. The molecule has 1 aromatic heterocycles. The molecular weight excluding hydrogens is 276 g/mol. The molecular formula is C17H22N4O. The third kappa shape index (κ3) is 4.55. The summed E-state index contributed by atoms with van der Waals surface area (Å²) in [6.07, 6.45) is 5.29. The van der Waals surface area contributed by atoms with Gasteiger partial charge in [-0.1, -0.05) is 37.6 Å². The standard InChI is InChI=1S/C17H22N4O/c1-3-4-9-18-17-20-11-15(12-21-17)16(22)19-10-14-8-6-5-7-13(14)2/h5-8,11-12H,3-4,9-10H2,1-2H3,(H,19,22)(H,18,20,21).